The summed E-state index contributed by atoms with van der Waals surface area (Å²) in [5.41, 5.74) is 1.40. The first-order valence-electron chi connectivity index (χ1n) is 18.6. The van der Waals surface area contributed by atoms with Gasteiger partial charge in [-0.15, -0.1) is 0 Å². The fourth-order valence-corrected chi connectivity index (χ4v) is 6.27. The summed E-state index contributed by atoms with van der Waals surface area (Å²) in [4.78, 5) is 64.9. The van der Waals surface area contributed by atoms with E-state index in [4.69, 9.17) is 14.6 Å². The van der Waals surface area contributed by atoms with Crippen molar-refractivity contribution in [3.63, 3.8) is 0 Å². The molecule has 12 nitrogen and oxygen atoms in total. The highest BCUT2D eigenvalue weighted by atomic mass is 19.4. The fraction of sp³-hybridized carbons (Fsp3) is 0.575. The highest BCUT2D eigenvalue weighted by Crippen LogP contribution is 2.22. The number of likely N-dealkylation sites (N-methyl/N-ethyl adjacent to an activating group) is 2. The third-order valence-corrected chi connectivity index (χ3v) is 9.94. The van der Waals surface area contributed by atoms with Crippen LogP contribution in [0.1, 0.15) is 82.6 Å². The molecule has 306 valence electrons. The van der Waals surface area contributed by atoms with Crippen LogP contribution in [0.25, 0.3) is 0 Å². The summed E-state index contributed by atoms with van der Waals surface area (Å²) in [5, 5.41) is 22.8. The molecule has 1 aliphatic heterocycles. The number of alkyl halides is 3. The number of carboxylic acids is 2. The Bertz CT molecular complexity index is 1560. The maximum Gasteiger partial charge on any atom is 0.490 e. The third-order valence-electron chi connectivity index (χ3n) is 9.94. The van der Waals surface area contributed by atoms with E-state index in [9.17, 15) is 37.5 Å². The van der Waals surface area contributed by atoms with Crippen molar-refractivity contribution >= 4 is 29.7 Å². The zero-order valence-corrected chi connectivity index (χ0v) is 32.8. The monoisotopic (exact) mass is 778 g/mol. The highest BCUT2D eigenvalue weighted by molar-refractivity contribution is 5.95. The van der Waals surface area contributed by atoms with Crippen LogP contribution in [0.15, 0.2) is 54.6 Å². The first-order chi connectivity index (χ1) is 25.8. The fourth-order valence-electron chi connectivity index (χ4n) is 6.27. The summed E-state index contributed by atoms with van der Waals surface area (Å²) in [6.45, 7) is 10.8. The maximum atomic E-state index is 13.9. The van der Waals surface area contributed by atoms with Gasteiger partial charge in [-0.1, -0.05) is 83.9 Å². The number of nitrogens with zero attached hydrogens (tertiary/aromatic N) is 2. The normalized spacial score (nSPS) is 17.3. The molecular formula is C40H57F3N4O8. The van der Waals surface area contributed by atoms with Gasteiger partial charge in [0.1, 0.15) is 18.4 Å². The predicted octanol–water partition coefficient (Wildman–Crippen LogP) is 5.65. The van der Waals surface area contributed by atoms with Gasteiger partial charge in [0.05, 0.1) is 18.0 Å². The SMILES string of the molecule is CC[C@H](C)[C@H](NC(=O)[C@H]1CCCCN1C)C(=O)N(C)[C@H](COc1cccc(C(=O)N[C@@H](Cc2ccccc2)C[C@H](C)C(=O)O)c1)C(C)C.O=C(O)C(F)(F)F. The van der Waals surface area contributed by atoms with Gasteiger partial charge >= 0.3 is 18.1 Å². The Hall–Kier alpha value is -4.66. The lowest BCUT2D eigenvalue weighted by Gasteiger charge is -2.37. The summed E-state index contributed by atoms with van der Waals surface area (Å²) in [6, 6.07) is 15.0. The minimum Gasteiger partial charge on any atom is -0.491 e. The summed E-state index contributed by atoms with van der Waals surface area (Å²) < 4.78 is 37.9. The largest absolute Gasteiger partial charge is 0.491 e. The van der Waals surface area contributed by atoms with Crippen LogP contribution in [0.3, 0.4) is 0 Å². The Kier molecular flexibility index (Phi) is 18.6. The lowest BCUT2D eigenvalue weighted by atomic mass is 9.94. The van der Waals surface area contributed by atoms with Crippen LogP contribution < -0.4 is 15.4 Å². The lowest BCUT2D eigenvalue weighted by Crippen LogP contribution is -2.58. The number of carbonyl (C=O) groups is 5. The molecule has 0 radical (unpaired) electrons. The summed E-state index contributed by atoms with van der Waals surface area (Å²) in [5.74, 6) is -4.36. The average Bonchev–Trinajstić information content (AvgIpc) is 3.13. The van der Waals surface area contributed by atoms with Crippen molar-refractivity contribution in [1.82, 2.24) is 20.4 Å². The number of ether oxygens (including phenoxy) is 1. The van der Waals surface area contributed by atoms with Crippen molar-refractivity contribution in [3.8, 4) is 5.75 Å². The quantitative estimate of drug-likeness (QED) is 0.159. The average molecular weight is 779 g/mol. The molecule has 1 aliphatic rings. The van der Waals surface area contributed by atoms with E-state index in [1.165, 1.54) is 0 Å². The molecule has 0 saturated carbocycles. The van der Waals surface area contributed by atoms with Gasteiger partial charge in [0, 0.05) is 18.7 Å². The molecule has 6 atom stereocenters. The van der Waals surface area contributed by atoms with Crippen LogP contribution in [0.4, 0.5) is 13.2 Å². The second-order valence-corrected chi connectivity index (χ2v) is 14.6. The zero-order valence-electron chi connectivity index (χ0n) is 32.8. The lowest BCUT2D eigenvalue weighted by molar-refractivity contribution is -0.192. The van der Waals surface area contributed by atoms with E-state index >= 15 is 0 Å². The predicted molar refractivity (Wildman–Crippen MR) is 201 cm³/mol. The number of carbonyl (C=O) groups excluding carboxylic acids is 3. The Morgan fingerprint density at radius 3 is 2.15 bits per heavy atom. The number of hydrogen-bond donors (Lipinski definition) is 4. The second kappa shape index (κ2) is 22.0. The van der Waals surface area contributed by atoms with E-state index in [1.807, 2.05) is 65.1 Å². The second-order valence-electron chi connectivity index (χ2n) is 14.6. The van der Waals surface area contributed by atoms with Gasteiger partial charge in [-0.3, -0.25) is 24.1 Å². The number of piperidine rings is 1. The summed E-state index contributed by atoms with van der Waals surface area (Å²) in [6.07, 6.45) is -0.692. The van der Waals surface area contributed by atoms with Crippen molar-refractivity contribution in [3.05, 3.63) is 65.7 Å². The van der Waals surface area contributed by atoms with E-state index in [2.05, 4.69) is 15.5 Å². The number of amides is 3. The van der Waals surface area contributed by atoms with Gasteiger partial charge in [0.2, 0.25) is 11.8 Å². The van der Waals surface area contributed by atoms with E-state index in [0.29, 0.717) is 17.7 Å². The molecule has 15 heteroatoms. The Morgan fingerprint density at radius 2 is 1.60 bits per heavy atom. The zero-order chi connectivity index (χ0) is 41.5. The van der Waals surface area contributed by atoms with Crippen molar-refractivity contribution in [2.45, 2.75) is 103 Å². The molecule has 4 N–H and O–H groups in total. The Morgan fingerprint density at radius 1 is 0.964 bits per heavy atom. The number of halogens is 3. The highest BCUT2D eigenvalue weighted by Gasteiger charge is 2.38. The topological polar surface area (TPSA) is 166 Å². The summed E-state index contributed by atoms with van der Waals surface area (Å²) >= 11 is 0. The van der Waals surface area contributed by atoms with Crippen LogP contribution in [0.2, 0.25) is 0 Å². The summed E-state index contributed by atoms with van der Waals surface area (Å²) in [7, 11) is 3.73. The molecule has 0 bridgehead atoms. The minimum absolute atomic E-state index is 0.0501. The van der Waals surface area contributed by atoms with E-state index in [1.54, 1.807) is 43.1 Å². The number of hydrogen-bond acceptors (Lipinski definition) is 7. The Labute approximate surface area is 321 Å². The molecule has 1 heterocycles. The van der Waals surface area contributed by atoms with Crippen LogP contribution in [-0.4, -0.2) is 107 Å². The number of benzene rings is 2. The molecule has 3 amide bonds. The third kappa shape index (κ3) is 15.2. The number of carboxylic acid groups (broad SMARTS) is 2. The number of likely N-dealkylation sites (tertiary alicyclic amines) is 1. The van der Waals surface area contributed by atoms with E-state index < -0.39 is 30.1 Å². The van der Waals surface area contributed by atoms with Gasteiger partial charge in [0.15, 0.2) is 0 Å². The Balaban J connectivity index is 0.00000136. The molecule has 3 rings (SSSR count). The maximum absolute atomic E-state index is 13.9. The smallest absolute Gasteiger partial charge is 0.490 e. The molecule has 0 aliphatic carbocycles. The van der Waals surface area contributed by atoms with E-state index in [0.717, 1.165) is 37.8 Å². The minimum atomic E-state index is -5.08. The number of rotatable bonds is 17. The molecule has 1 fully saturated rings. The molecular weight excluding hydrogens is 721 g/mol. The molecule has 0 aromatic heterocycles. The molecule has 0 spiro atoms. The van der Waals surface area contributed by atoms with Crippen LogP contribution in [0.5, 0.6) is 5.75 Å². The van der Waals surface area contributed by atoms with Crippen molar-refractivity contribution in [2.24, 2.45) is 17.8 Å². The number of aliphatic carboxylic acids is 2. The van der Waals surface area contributed by atoms with E-state index in [-0.39, 0.29) is 60.7 Å². The molecule has 55 heavy (non-hydrogen) atoms. The number of nitrogens with one attached hydrogen (secondary N) is 2. The first kappa shape index (κ1) is 46.5. The standard InChI is InChI=1S/C38H56N4O6.C2HF3O2/c1-8-26(4)34(40-36(44)32-19-12-13-20-41(32)6)37(45)42(7)33(25(2)3)24-48-31-18-14-17-29(23-31)35(43)39-30(21-27(5)38(46)47)22-28-15-10-9-11-16-28;3-2(4,5)1(6)7/h9-11,14-18,23,25-27,30,32-34H,8,12-13,19-22,24H2,1-7H3,(H,39,43)(H,40,44)(H,46,47);(H,6,7)/t26-,27-,30+,32+,33+,34-;/m0./s1. The van der Waals surface area contributed by atoms with Crippen molar-refractivity contribution in [1.29, 1.82) is 0 Å². The molecule has 1 saturated heterocycles. The van der Waals surface area contributed by atoms with Crippen molar-refractivity contribution in [2.75, 3.05) is 27.2 Å². The van der Waals surface area contributed by atoms with Crippen LogP contribution in [-0.2, 0) is 25.6 Å². The van der Waals surface area contributed by atoms with Crippen LogP contribution >= 0.6 is 0 Å². The van der Waals surface area contributed by atoms with Gasteiger partial charge in [-0.25, -0.2) is 4.79 Å². The van der Waals surface area contributed by atoms with Crippen LogP contribution in [0, 0.1) is 17.8 Å². The van der Waals surface area contributed by atoms with Crippen molar-refractivity contribution < 1.29 is 52.1 Å². The molecule has 2 aromatic carbocycles. The van der Waals surface area contributed by atoms with Gasteiger partial charge in [-0.05, 0) is 74.9 Å². The molecule has 2 aromatic rings. The van der Waals surface area contributed by atoms with Gasteiger partial charge in [-0.2, -0.15) is 13.2 Å². The van der Waals surface area contributed by atoms with Gasteiger partial charge in [0.25, 0.3) is 5.91 Å². The molecule has 0 unspecified atom stereocenters. The first-order valence-corrected chi connectivity index (χ1v) is 18.6. The van der Waals surface area contributed by atoms with Gasteiger partial charge < -0.3 is 30.5 Å².